The van der Waals surface area contributed by atoms with Gasteiger partial charge in [0.05, 0.1) is 0 Å². The third-order valence-electron chi connectivity index (χ3n) is 4.16. The van der Waals surface area contributed by atoms with Crippen molar-refractivity contribution in [3.8, 4) is 0 Å². The minimum atomic E-state index is -1.46. The number of carboxylic acids is 3. The summed E-state index contributed by atoms with van der Waals surface area (Å²) >= 11 is 3.29. The number of amides is 4. The van der Waals surface area contributed by atoms with E-state index in [0.29, 0.717) is 18.5 Å². The van der Waals surface area contributed by atoms with Gasteiger partial charge in [0, 0.05) is 23.1 Å². The molecule has 0 radical (unpaired) electrons. The summed E-state index contributed by atoms with van der Waals surface area (Å²) in [5.74, 6) is -3.96. The fourth-order valence-electron chi connectivity index (χ4n) is 2.52. The molecule has 2 unspecified atom stereocenters. The Morgan fingerprint density at radius 1 is 0.812 bits per heavy atom. The van der Waals surface area contributed by atoms with E-state index in [-0.39, 0.29) is 19.4 Å². The highest BCUT2D eigenvalue weighted by Gasteiger charge is 2.24. The number of carboxylic acid groups (broad SMARTS) is 3. The highest BCUT2D eigenvalue weighted by Crippen LogP contribution is 2.13. The lowest BCUT2D eigenvalue weighted by Crippen LogP contribution is -2.51. The van der Waals surface area contributed by atoms with Crippen molar-refractivity contribution in [2.24, 2.45) is 0 Å². The number of hydrogen-bond acceptors (Lipinski definition) is 5. The SMILES string of the molecule is O=C(O)CCC(NC(=O)NC(CCCCNC(=O)Nc1ccc(Br)cc1)C(=O)O)C(=O)O. The number of nitrogens with one attached hydrogen (secondary N) is 4. The van der Waals surface area contributed by atoms with Crippen LogP contribution in [0.15, 0.2) is 28.7 Å². The van der Waals surface area contributed by atoms with Gasteiger partial charge in [-0.2, -0.15) is 0 Å². The van der Waals surface area contributed by atoms with Crippen molar-refractivity contribution in [1.29, 1.82) is 0 Å². The smallest absolute Gasteiger partial charge is 0.326 e. The molecule has 0 heterocycles. The third-order valence-corrected chi connectivity index (χ3v) is 4.69. The van der Waals surface area contributed by atoms with Crippen LogP contribution in [-0.2, 0) is 14.4 Å². The van der Waals surface area contributed by atoms with Gasteiger partial charge in [0.25, 0.3) is 0 Å². The second kappa shape index (κ2) is 13.9. The van der Waals surface area contributed by atoms with Gasteiger partial charge >= 0.3 is 30.0 Å². The predicted molar refractivity (Wildman–Crippen MR) is 116 cm³/mol. The molecule has 0 aliphatic carbocycles. The van der Waals surface area contributed by atoms with E-state index < -0.39 is 48.5 Å². The van der Waals surface area contributed by atoms with Crippen LogP contribution in [-0.4, -0.2) is 63.9 Å². The average Bonchev–Trinajstić information content (AvgIpc) is 2.71. The number of unbranched alkanes of at least 4 members (excludes halogenated alkanes) is 1. The first-order valence-electron chi connectivity index (χ1n) is 9.63. The van der Waals surface area contributed by atoms with Gasteiger partial charge in [0.1, 0.15) is 12.1 Å². The summed E-state index contributed by atoms with van der Waals surface area (Å²) in [4.78, 5) is 56.8. The summed E-state index contributed by atoms with van der Waals surface area (Å²) < 4.78 is 0.873. The van der Waals surface area contributed by atoms with Gasteiger partial charge in [0.2, 0.25) is 0 Å². The van der Waals surface area contributed by atoms with Crippen LogP contribution in [0.4, 0.5) is 15.3 Å². The Kier molecular flexibility index (Phi) is 11.6. The molecule has 0 spiro atoms. The molecule has 0 aliphatic rings. The van der Waals surface area contributed by atoms with Crippen molar-refractivity contribution in [2.75, 3.05) is 11.9 Å². The van der Waals surface area contributed by atoms with Crippen LogP contribution in [0, 0.1) is 0 Å². The third kappa shape index (κ3) is 11.2. The van der Waals surface area contributed by atoms with Gasteiger partial charge < -0.3 is 36.6 Å². The molecule has 2 atom stereocenters. The molecule has 0 saturated carbocycles. The maximum absolute atomic E-state index is 11.9. The molecule has 0 saturated heterocycles. The number of carbonyl (C=O) groups is 5. The minimum absolute atomic E-state index is 0.0473. The monoisotopic (exact) mass is 516 g/mol. The van der Waals surface area contributed by atoms with E-state index in [9.17, 15) is 29.1 Å². The highest BCUT2D eigenvalue weighted by molar-refractivity contribution is 9.10. The van der Waals surface area contributed by atoms with Crippen molar-refractivity contribution in [3.05, 3.63) is 28.7 Å². The second-order valence-corrected chi connectivity index (χ2v) is 7.63. The van der Waals surface area contributed by atoms with Crippen LogP contribution in [0.25, 0.3) is 0 Å². The number of halogens is 1. The van der Waals surface area contributed by atoms with Gasteiger partial charge in [0.15, 0.2) is 0 Å². The molecule has 4 amide bonds. The first-order valence-corrected chi connectivity index (χ1v) is 10.4. The van der Waals surface area contributed by atoms with Crippen molar-refractivity contribution in [1.82, 2.24) is 16.0 Å². The summed E-state index contributed by atoms with van der Waals surface area (Å²) in [6.45, 7) is 0.275. The summed E-state index contributed by atoms with van der Waals surface area (Å²) in [7, 11) is 0. The van der Waals surface area contributed by atoms with Crippen LogP contribution in [0.1, 0.15) is 32.1 Å². The quantitative estimate of drug-likeness (QED) is 0.192. The second-order valence-electron chi connectivity index (χ2n) is 6.72. The van der Waals surface area contributed by atoms with Crippen LogP contribution in [0.3, 0.4) is 0 Å². The topological polar surface area (TPSA) is 194 Å². The summed E-state index contributed by atoms with van der Waals surface area (Å²) in [6.07, 6.45) is 0.0336. The van der Waals surface area contributed by atoms with E-state index in [1.54, 1.807) is 24.3 Å². The highest BCUT2D eigenvalue weighted by atomic mass is 79.9. The first-order chi connectivity index (χ1) is 15.1. The Morgan fingerprint density at radius 3 is 1.91 bits per heavy atom. The number of anilines is 1. The zero-order valence-corrected chi connectivity index (χ0v) is 18.6. The zero-order chi connectivity index (χ0) is 24.1. The Hall–Kier alpha value is -3.35. The predicted octanol–water partition coefficient (Wildman–Crippen LogP) is 1.81. The van der Waals surface area contributed by atoms with Gasteiger partial charge in [-0.1, -0.05) is 15.9 Å². The Balaban J connectivity index is 2.36. The molecule has 12 nitrogen and oxygen atoms in total. The van der Waals surface area contributed by atoms with Crippen molar-refractivity contribution in [3.63, 3.8) is 0 Å². The van der Waals surface area contributed by atoms with Crippen molar-refractivity contribution >= 4 is 51.6 Å². The van der Waals surface area contributed by atoms with Gasteiger partial charge in [-0.3, -0.25) is 4.79 Å². The molecule has 0 fully saturated rings. The molecular weight excluding hydrogens is 492 g/mol. The van der Waals surface area contributed by atoms with Gasteiger partial charge in [-0.15, -0.1) is 0 Å². The Morgan fingerprint density at radius 2 is 1.38 bits per heavy atom. The van der Waals surface area contributed by atoms with E-state index in [4.69, 9.17) is 10.2 Å². The maximum Gasteiger partial charge on any atom is 0.326 e. The standard InChI is InChI=1S/C19H25BrN4O8/c20-11-4-6-12(7-5-11)22-18(31)21-10-2-1-3-13(16(27)28)23-19(32)24-14(17(29)30)8-9-15(25)26/h4-7,13-14H,1-3,8-10H2,(H,25,26)(H,27,28)(H,29,30)(H2,21,22,31)(H2,23,24,32). The molecule has 0 aliphatic heterocycles. The number of hydrogen-bond donors (Lipinski definition) is 7. The average molecular weight is 517 g/mol. The van der Waals surface area contributed by atoms with E-state index >= 15 is 0 Å². The zero-order valence-electron chi connectivity index (χ0n) is 17.0. The maximum atomic E-state index is 11.9. The van der Waals surface area contributed by atoms with E-state index in [1.165, 1.54) is 0 Å². The number of aliphatic carboxylic acids is 3. The lowest BCUT2D eigenvalue weighted by atomic mass is 10.1. The normalized spacial score (nSPS) is 12.2. The van der Waals surface area contributed by atoms with Gasteiger partial charge in [-0.25, -0.2) is 19.2 Å². The number of benzene rings is 1. The molecule has 0 bridgehead atoms. The lowest BCUT2D eigenvalue weighted by molar-refractivity contribution is -0.140. The molecule has 13 heteroatoms. The largest absolute Gasteiger partial charge is 0.481 e. The molecule has 1 rings (SSSR count). The first kappa shape index (κ1) is 26.7. The molecular formula is C19H25BrN4O8. The lowest BCUT2D eigenvalue weighted by Gasteiger charge is -2.18. The molecule has 176 valence electrons. The summed E-state index contributed by atoms with van der Waals surface area (Å²) in [5, 5.41) is 36.4. The van der Waals surface area contributed by atoms with Crippen LogP contribution >= 0.6 is 15.9 Å². The van der Waals surface area contributed by atoms with Crippen LogP contribution < -0.4 is 21.3 Å². The van der Waals surface area contributed by atoms with E-state index in [2.05, 4.69) is 37.2 Å². The molecule has 1 aromatic rings. The molecule has 7 N–H and O–H groups in total. The fraction of sp³-hybridized carbons (Fsp3) is 0.421. The number of carbonyl (C=O) groups excluding carboxylic acids is 2. The summed E-state index contributed by atoms with van der Waals surface area (Å²) in [5.41, 5.74) is 0.606. The Bertz CT molecular complexity index is 818. The van der Waals surface area contributed by atoms with E-state index in [1.807, 2.05) is 0 Å². The number of rotatable bonds is 13. The van der Waals surface area contributed by atoms with Crippen molar-refractivity contribution in [2.45, 2.75) is 44.2 Å². The van der Waals surface area contributed by atoms with Gasteiger partial charge in [-0.05, 0) is 49.9 Å². The summed E-state index contributed by atoms with van der Waals surface area (Å²) in [6, 6.07) is 2.80. The molecule has 1 aromatic carbocycles. The molecule has 0 aromatic heterocycles. The number of urea groups is 2. The van der Waals surface area contributed by atoms with Crippen LogP contribution in [0.2, 0.25) is 0 Å². The molecule has 32 heavy (non-hydrogen) atoms. The fourth-order valence-corrected chi connectivity index (χ4v) is 2.79. The van der Waals surface area contributed by atoms with E-state index in [0.717, 1.165) is 4.47 Å². The minimum Gasteiger partial charge on any atom is -0.481 e. The van der Waals surface area contributed by atoms with Crippen LogP contribution in [0.5, 0.6) is 0 Å². The van der Waals surface area contributed by atoms with Crippen molar-refractivity contribution < 1.29 is 39.3 Å². The Labute approximate surface area is 191 Å².